The molecular weight excluding hydrogens is 224 g/mol. The Labute approximate surface area is 109 Å². The van der Waals surface area contributed by atoms with Crippen molar-refractivity contribution in [3.63, 3.8) is 0 Å². The number of nitrogens with two attached hydrogens (primary N) is 1. The topological polar surface area (TPSA) is 46.3 Å². The molecule has 0 aliphatic carbocycles. The second-order valence-electron chi connectivity index (χ2n) is 5.15. The number of hydrogen-bond acceptors (Lipinski definition) is 2. The van der Waals surface area contributed by atoms with Crippen molar-refractivity contribution >= 4 is 11.6 Å². The molecule has 0 bridgehead atoms. The maximum Gasteiger partial charge on any atom is 0.226 e. The first kappa shape index (κ1) is 13.1. The van der Waals surface area contributed by atoms with Crippen LogP contribution in [-0.2, 0) is 11.2 Å². The van der Waals surface area contributed by atoms with Crippen LogP contribution < -0.4 is 10.6 Å². The van der Waals surface area contributed by atoms with Crippen LogP contribution in [0.1, 0.15) is 38.2 Å². The van der Waals surface area contributed by atoms with Crippen LogP contribution in [-0.4, -0.2) is 18.5 Å². The van der Waals surface area contributed by atoms with Gasteiger partial charge in [-0.15, -0.1) is 0 Å². The minimum Gasteiger partial charge on any atom is -0.328 e. The molecule has 1 aliphatic rings. The summed E-state index contributed by atoms with van der Waals surface area (Å²) in [6.07, 6.45) is 4.56. The number of nitrogens with zero attached hydrogens (tertiary/aromatic N) is 1. The van der Waals surface area contributed by atoms with Gasteiger partial charge in [-0.05, 0) is 44.2 Å². The smallest absolute Gasteiger partial charge is 0.226 e. The molecule has 3 heteroatoms. The molecule has 1 aliphatic heterocycles. The maximum absolute atomic E-state index is 12.1. The molecule has 0 saturated carbocycles. The van der Waals surface area contributed by atoms with E-state index in [9.17, 15) is 4.79 Å². The zero-order valence-corrected chi connectivity index (χ0v) is 11.1. The van der Waals surface area contributed by atoms with E-state index in [1.54, 1.807) is 0 Å². The van der Waals surface area contributed by atoms with Crippen molar-refractivity contribution in [2.75, 3.05) is 11.4 Å². The number of para-hydroxylation sites is 1. The van der Waals surface area contributed by atoms with Crippen molar-refractivity contribution in [3.8, 4) is 0 Å². The first-order chi connectivity index (χ1) is 8.68. The molecule has 0 aromatic heterocycles. The van der Waals surface area contributed by atoms with Crippen molar-refractivity contribution in [1.82, 2.24) is 0 Å². The van der Waals surface area contributed by atoms with E-state index in [2.05, 4.69) is 18.2 Å². The molecule has 1 unspecified atom stereocenters. The summed E-state index contributed by atoms with van der Waals surface area (Å²) in [4.78, 5) is 14.1. The van der Waals surface area contributed by atoms with E-state index in [1.165, 1.54) is 5.56 Å². The normalized spacial score (nSPS) is 17.2. The summed E-state index contributed by atoms with van der Waals surface area (Å²) < 4.78 is 0. The average molecular weight is 246 g/mol. The summed E-state index contributed by atoms with van der Waals surface area (Å²) in [6.45, 7) is 2.80. The van der Waals surface area contributed by atoms with Crippen LogP contribution in [0.5, 0.6) is 0 Å². The highest BCUT2D eigenvalue weighted by atomic mass is 16.2. The Morgan fingerprint density at radius 2 is 2.11 bits per heavy atom. The van der Waals surface area contributed by atoms with Crippen molar-refractivity contribution in [2.45, 2.75) is 45.1 Å². The molecule has 1 amide bonds. The maximum atomic E-state index is 12.1. The van der Waals surface area contributed by atoms with Crippen molar-refractivity contribution in [3.05, 3.63) is 29.8 Å². The number of fused-ring (bicyclic) bond motifs is 1. The number of anilines is 1. The van der Waals surface area contributed by atoms with Crippen LogP contribution in [0.2, 0.25) is 0 Å². The van der Waals surface area contributed by atoms with Crippen LogP contribution in [0.15, 0.2) is 24.3 Å². The van der Waals surface area contributed by atoms with Gasteiger partial charge in [-0.3, -0.25) is 4.79 Å². The van der Waals surface area contributed by atoms with Gasteiger partial charge >= 0.3 is 0 Å². The lowest BCUT2D eigenvalue weighted by molar-refractivity contribution is -0.118. The largest absolute Gasteiger partial charge is 0.328 e. The van der Waals surface area contributed by atoms with E-state index in [0.717, 1.165) is 37.9 Å². The quantitative estimate of drug-likeness (QED) is 0.887. The van der Waals surface area contributed by atoms with E-state index in [-0.39, 0.29) is 11.9 Å². The van der Waals surface area contributed by atoms with Gasteiger partial charge in [0.25, 0.3) is 0 Å². The molecule has 0 radical (unpaired) electrons. The minimum absolute atomic E-state index is 0.210. The molecule has 3 nitrogen and oxygen atoms in total. The fourth-order valence-corrected chi connectivity index (χ4v) is 2.50. The molecule has 0 spiro atoms. The summed E-state index contributed by atoms with van der Waals surface area (Å²) in [5, 5.41) is 0. The van der Waals surface area contributed by atoms with Gasteiger partial charge in [0, 0.05) is 24.7 Å². The average Bonchev–Trinajstić information content (AvgIpc) is 2.49. The Bertz CT molecular complexity index is 415. The Kier molecular flexibility index (Phi) is 4.37. The molecular formula is C15H22N2O. The molecule has 0 saturated heterocycles. The van der Waals surface area contributed by atoms with Gasteiger partial charge < -0.3 is 10.6 Å². The van der Waals surface area contributed by atoms with Crippen molar-refractivity contribution in [2.24, 2.45) is 5.73 Å². The second kappa shape index (κ2) is 6.01. The standard InChI is InChI=1S/C15H22N2O/c1-12(16)6-5-11-17-14-9-3-2-7-13(14)8-4-10-15(17)18/h2-3,7,9,12H,4-6,8,10-11,16H2,1H3. The fraction of sp³-hybridized carbons (Fsp3) is 0.533. The van der Waals surface area contributed by atoms with Gasteiger partial charge in [0.1, 0.15) is 0 Å². The van der Waals surface area contributed by atoms with Gasteiger partial charge in [0.05, 0.1) is 0 Å². The minimum atomic E-state index is 0.210. The predicted octanol–water partition coefficient (Wildman–Crippen LogP) is 2.48. The Morgan fingerprint density at radius 1 is 1.33 bits per heavy atom. The Hall–Kier alpha value is -1.35. The van der Waals surface area contributed by atoms with Gasteiger partial charge in [-0.1, -0.05) is 18.2 Å². The molecule has 98 valence electrons. The number of hydrogen-bond donors (Lipinski definition) is 1. The molecule has 2 rings (SSSR count). The number of aryl methyl sites for hydroxylation is 1. The first-order valence-electron chi connectivity index (χ1n) is 6.82. The van der Waals surface area contributed by atoms with Gasteiger partial charge in [0.15, 0.2) is 0 Å². The summed E-state index contributed by atoms with van der Waals surface area (Å²) in [5.41, 5.74) is 8.16. The van der Waals surface area contributed by atoms with Gasteiger partial charge in [-0.25, -0.2) is 0 Å². The van der Waals surface area contributed by atoms with Gasteiger partial charge in [0.2, 0.25) is 5.91 Å². The highest BCUT2D eigenvalue weighted by Crippen LogP contribution is 2.26. The SMILES string of the molecule is CC(N)CCCN1C(=O)CCCc2ccccc21. The monoisotopic (exact) mass is 246 g/mol. The molecule has 1 aromatic rings. The summed E-state index contributed by atoms with van der Waals surface area (Å²) in [6, 6.07) is 8.46. The second-order valence-corrected chi connectivity index (χ2v) is 5.15. The van der Waals surface area contributed by atoms with Crippen LogP contribution in [0, 0.1) is 0 Å². The third kappa shape index (κ3) is 3.10. The number of carbonyl (C=O) groups is 1. The molecule has 0 fully saturated rings. The third-order valence-electron chi connectivity index (χ3n) is 3.46. The third-order valence-corrected chi connectivity index (χ3v) is 3.46. The van der Waals surface area contributed by atoms with Crippen LogP contribution in [0.25, 0.3) is 0 Å². The van der Waals surface area contributed by atoms with E-state index >= 15 is 0 Å². The summed E-state index contributed by atoms with van der Waals surface area (Å²) >= 11 is 0. The lowest BCUT2D eigenvalue weighted by atomic mass is 10.1. The van der Waals surface area contributed by atoms with Crippen LogP contribution in [0.3, 0.4) is 0 Å². The molecule has 18 heavy (non-hydrogen) atoms. The highest BCUT2D eigenvalue weighted by molar-refractivity contribution is 5.94. The summed E-state index contributed by atoms with van der Waals surface area (Å²) in [5.74, 6) is 0.254. The van der Waals surface area contributed by atoms with Crippen LogP contribution in [0.4, 0.5) is 5.69 Å². The molecule has 2 N–H and O–H groups in total. The molecule has 1 aromatic carbocycles. The number of carbonyl (C=O) groups excluding carboxylic acids is 1. The number of benzene rings is 1. The lowest BCUT2D eigenvalue weighted by Crippen LogP contribution is -2.32. The number of amides is 1. The van der Waals surface area contributed by atoms with E-state index in [4.69, 9.17) is 5.73 Å². The Balaban J connectivity index is 2.13. The van der Waals surface area contributed by atoms with Crippen molar-refractivity contribution in [1.29, 1.82) is 0 Å². The van der Waals surface area contributed by atoms with E-state index in [1.807, 2.05) is 17.9 Å². The van der Waals surface area contributed by atoms with E-state index in [0.29, 0.717) is 6.42 Å². The number of rotatable bonds is 4. The zero-order valence-electron chi connectivity index (χ0n) is 11.1. The fourth-order valence-electron chi connectivity index (χ4n) is 2.50. The Morgan fingerprint density at radius 3 is 2.89 bits per heavy atom. The van der Waals surface area contributed by atoms with Crippen molar-refractivity contribution < 1.29 is 4.79 Å². The molecule has 1 atom stereocenters. The van der Waals surface area contributed by atoms with E-state index < -0.39 is 0 Å². The summed E-state index contributed by atoms with van der Waals surface area (Å²) in [7, 11) is 0. The lowest BCUT2D eigenvalue weighted by Gasteiger charge is -2.23. The predicted molar refractivity (Wildman–Crippen MR) is 74.6 cm³/mol. The highest BCUT2D eigenvalue weighted by Gasteiger charge is 2.21. The van der Waals surface area contributed by atoms with Gasteiger partial charge in [-0.2, -0.15) is 0 Å². The zero-order chi connectivity index (χ0) is 13.0. The molecule has 1 heterocycles. The van der Waals surface area contributed by atoms with Crippen LogP contribution >= 0.6 is 0 Å². The first-order valence-corrected chi connectivity index (χ1v) is 6.82.